The summed E-state index contributed by atoms with van der Waals surface area (Å²) in [6.07, 6.45) is 1.61. The summed E-state index contributed by atoms with van der Waals surface area (Å²) in [5.74, 6) is 3.51. The maximum Gasteiger partial charge on any atom is 0.267 e. The molecule has 8 aromatic rings. The Labute approximate surface area is 375 Å². The number of aromatic nitrogens is 6. The summed E-state index contributed by atoms with van der Waals surface area (Å²) >= 11 is 6.99. The number of nitrogens with two attached hydrogens (primary N) is 1. The molecule has 62 heavy (non-hydrogen) atoms. The van der Waals surface area contributed by atoms with Crippen LogP contribution in [0.5, 0.6) is 11.5 Å². The van der Waals surface area contributed by atoms with Crippen LogP contribution in [0.4, 0.5) is 5.82 Å². The van der Waals surface area contributed by atoms with Crippen molar-refractivity contribution in [2.75, 3.05) is 33.0 Å². The molecule has 0 aliphatic rings. The summed E-state index contributed by atoms with van der Waals surface area (Å²) < 4.78 is 17.7. The maximum atomic E-state index is 12.1. The Morgan fingerprint density at radius 2 is 1.19 bits per heavy atom. The number of fused-ring (bicyclic) bond motifs is 6. The largest absolute Gasteiger partial charge is 0.497 e. The molecule has 16 heteroatoms. The molecule has 0 saturated heterocycles. The third-order valence-corrected chi connectivity index (χ3v) is 11.8. The number of imidazole rings is 2. The molecule has 0 spiro atoms. The predicted octanol–water partition coefficient (Wildman–Crippen LogP) is 8.26. The molecule has 0 bridgehead atoms. The van der Waals surface area contributed by atoms with E-state index in [1.165, 1.54) is 0 Å². The molecule has 4 heterocycles. The number of nitrogen functional groups attached to an aromatic ring is 1. The van der Waals surface area contributed by atoms with Gasteiger partial charge in [-0.3, -0.25) is 14.8 Å². The third kappa shape index (κ3) is 9.16. The van der Waals surface area contributed by atoms with Crippen molar-refractivity contribution in [1.29, 1.82) is 0 Å². The van der Waals surface area contributed by atoms with E-state index in [0.29, 0.717) is 61.6 Å². The fourth-order valence-electron chi connectivity index (χ4n) is 7.55. The Morgan fingerprint density at radius 3 is 1.71 bits per heavy atom. The first-order valence-electron chi connectivity index (χ1n) is 20.0. The molecule has 0 aliphatic heterocycles. The van der Waals surface area contributed by atoms with Gasteiger partial charge in [-0.1, -0.05) is 56.1 Å². The van der Waals surface area contributed by atoms with Gasteiger partial charge in [0.2, 0.25) is 11.8 Å². The van der Waals surface area contributed by atoms with Gasteiger partial charge in [-0.25, -0.2) is 15.0 Å². The number of hydrogen-bond acceptors (Lipinski definition) is 9. The molecule has 14 nitrogen and oxygen atoms in total. The smallest absolute Gasteiger partial charge is 0.267 e. The monoisotopic (exact) mass is 964 g/mol. The zero-order valence-corrected chi connectivity index (χ0v) is 38.6. The fourth-order valence-corrected chi connectivity index (χ4v) is 8.24. The molecule has 320 valence electrons. The molecule has 0 fully saturated rings. The van der Waals surface area contributed by atoms with Crippen LogP contribution in [0.25, 0.3) is 43.9 Å². The lowest BCUT2D eigenvalue weighted by Gasteiger charge is -2.19. The molecule has 3 N–H and O–H groups in total. The Balaban J connectivity index is 0.000000186. The third-order valence-electron chi connectivity index (χ3n) is 10.8. The number of carbonyl (C=O) groups excluding carboxylic acids is 2. The molecule has 2 amide bonds. The highest BCUT2D eigenvalue weighted by molar-refractivity contribution is 9.10. The van der Waals surface area contributed by atoms with Crippen molar-refractivity contribution in [2.24, 2.45) is 0 Å². The number of pyridine rings is 2. The number of hydrogen-bond donors (Lipinski definition) is 2. The van der Waals surface area contributed by atoms with E-state index in [1.807, 2.05) is 98.8 Å². The van der Waals surface area contributed by atoms with Gasteiger partial charge in [0.1, 0.15) is 28.7 Å². The van der Waals surface area contributed by atoms with Crippen molar-refractivity contribution < 1.29 is 29.0 Å². The van der Waals surface area contributed by atoms with E-state index in [4.69, 9.17) is 25.2 Å². The molecule has 0 radical (unpaired) electrons. The second-order valence-electron chi connectivity index (χ2n) is 14.7. The minimum atomic E-state index is -0.00318. The van der Waals surface area contributed by atoms with Gasteiger partial charge < -0.3 is 34.1 Å². The molecular weight excluding hydrogens is 918 g/mol. The van der Waals surface area contributed by atoms with Crippen LogP contribution in [0.1, 0.15) is 50.5 Å². The summed E-state index contributed by atoms with van der Waals surface area (Å²) in [5, 5.41) is 12.4. The van der Waals surface area contributed by atoms with E-state index >= 15 is 0 Å². The van der Waals surface area contributed by atoms with Gasteiger partial charge in [0.05, 0.1) is 49.2 Å². The summed E-state index contributed by atoms with van der Waals surface area (Å²) in [7, 11) is 3.30. The molecule has 0 atom stereocenters. The van der Waals surface area contributed by atoms with E-state index in [2.05, 4.69) is 46.0 Å². The highest BCUT2D eigenvalue weighted by atomic mass is 79.9. The first-order valence-corrected chi connectivity index (χ1v) is 21.6. The average Bonchev–Trinajstić information content (AvgIpc) is 3.79. The van der Waals surface area contributed by atoms with Gasteiger partial charge in [-0.15, -0.1) is 0 Å². The number of benzene rings is 4. The standard InChI is InChI=1S/C23H24BrN5O2.C23H24BrN4O3/c1-4-28(14(2)30)13-20-27-21-22(18-10-7-16(24)11-19(18)26-23(21)25)29(20)12-15-5-8-17(31-3)9-6-15;1-4-26(15(2)29)14-22-25-20-13-28(30)21-11-17(24)7-10-19(21)23(20)27(22)12-16-5-8-18(31-3)9-6-16/h5-11H,4,12-13H2,1-3H3,(H2,25,26);5-11,13,30H,4,12,14H2,1-3H3/q;+1. The second-order valence-corrected chi connectivity index (χ2v) is 16.5. The first-order chi connectivity index (χ1) is 29.8. The van der Waals surface area contributed by atoms with E-state index < -0.39 is 0 Å². The van der Waals surface area contributed by atoms with Crippen LogP contribution in [0, 0.1) is 0 Å². The molecule has 4 aromatic heterocycles. The summed E-state index contributed by atoms with van der Waals surface area (Å²) in [5.41, 5.74) is 13.1. The maximum absolute atomic E-state index is 12.1. The second kappa shape index (κ2) is 18.8. The Kier molecular flexibility index (Phi) is 13.3. The van der Waals surface area contributed by atoms with Crippen molar-refractivity contribution in [3.8, 4) is 11.5 Å². The average molecular weight is 967 g/mol. The van der Waals surface area contributed by atoms with Gasteiger partial charge in [0, 0.05) is 65.2 Å². The van der Waals surface area contributed by atoms with Gasteiger partial charge in [0.25, 0.3) is 11.7 Å². The lowest BCUT2D eigenvalue weighted by atomic mass is 10.1. The van der Waals surface area contributed by atoms with Crippen molar-refractivity contribution in [3.63, 3.8) is 0 Å². The Bertz CT molecular complexity index is 2930. The van der Waals surface area contributed by atoms with Crippen LogP contribution >= 0.6 is 31.9 Å². The molecular formula is C46H48Br2N9O5+. The highest BCUT2D eigenvalue weighted by Crippen LogP contribution is 2.32. The van der Waals surface area contributed by atoms with E-state index in [1.54, 1.807) is 44.1 Å². The van der Waals surface area contributed by atoms with E-state index in [0.717, 1.165) is 75.3 Å². The van der Waals surface area contributed by atoms with Crippen LogP contribution < -0.4 is 19.9 Å². The number of rotatable bonds is 12. The summed E-state index contributed by atoms with van der Waals surface area (Å²) in [6.45, 7) is 10.2. The number of halogens is 2. The lowest BCUT2D eigenvalue weighted by molar-refractivity contribution is -0.883. The van der Waals surface area contributed by atoms with Crippen molar-refractivity contribution in [1.82, 2.24) is 33.9 Å². The van der Waals surface area contributed by atoms with Crippen molar-refractivity contribution in [2.45, 2.75) is 53.9 Å². The number of carbonyl (C=O) groups is 2. The summed E-state index contributed by atoms with van der Waals surface area (Å²) in [4.78, 5) is 41.8. The molecule has 0 unspecified atom stereocenters. The highest BCUT2D eigenvalue weighted by Gasteiger charge is 2.24. The van der Waals surface area contributed by atoms with Gasteiger partial charge in [-0.05, 0) is 79.6 Å². The summed E-state index contributed by atoms with van der Waals surface area (Å²) in [6, 6.07) is 27.6. The zero-order valence-electron chi connectivity index (χ0n) is 35.4. The number of methoxy groups -OCH3 is 2. The zero-order chi connectivity index (χ0) is 44.2. The fraction of sp³-hybridized carbons (Fsp3) is 0.261. The molecule has 4 aromatic carbocycles. The van der Waals surface area contributed by atoms with E-state index in [9.17, 15) is 14.8 Å². The van der Waals surface area contributed by atoms with Crippen molar-refractivity contribution >= 4 is 93.4 Å². The van der Waals surface area contributed by atoms with Crippen LogP contribution in [0.15, 0.2) is 100 Å². The van der Waals surface area contributed by atoms with Crippen LogP contribution in [-0.4, -0.2) is 78.2 Å². The van der Waals surface area contributed by atoms with Crippen LogP contribution in [-0.2, 0) is 35.8 Å². The van der Waals surface area contributed by atoms with Gasteiger partial charge in [-0.2, -0.15) is 0 Å². The Morgan fingerprint density at radius 1 is 0.694 bits per heavy atom. The van der Waals surface area contributed by atoms with Gasteiger partial charge in [0.15, 0.2) is 11.3 Å². The first kappa shape index (κ1) is 43.8. The topological polar surface area (TPSA) is 158 Å². The normalized spacial score (nSPS) is 11.2. The Hall–Kier alpha value is -6.26. The predicted molar refractivity (Wildman–Crippen MR) is 247 cm³/mol. The minimum absolute atomic E-state index is 0.00318. The number of ether oxygens (including phenoxy) is 2. The quantitative estimate of drug-likeness (QED) is 0.0909. The number of nitrogens with zero attached hydrogens (tertiary/aromatic N) is 8. The van der Waals surface area contributed by atoms with Crippen molar-refractivity contribution in [3.05, 3.63) is 123 Å². The van der Waals surface area contributed by atoms with Crippen LogP contribution in [0.2, 0.25) is 0 Å². The minimum Gasteiger partial charge on any atom is -0.497 e. The SMILES string of the molecule is CCN(Cc1nc2c(N)nc3cc(Br)ccc3c2n1Cc1ccc(OC)cc1)C(C)=O.CCN(Cc1nc2c[n+](O)c3cc(Br)ccc3c2n1Cc1ccc(OC)cc1)C(C)=O. The number of anilines is 1. The van der Waals surface area contributed by atoms with Crippen LogP contribution in [0.3, 0.4) is 0 Å². The molecule has 0 aliphatic carbocycles. The van der Waals surface area contributed by atoms with E-state index in [-0.39, 0.29) is 11.8 Å². The lowest BCUT2D eigenvalue weighted by Crippen LogP contribution is -2.30. The van der Waals surface area contributed by atoms with Gasteiger partial charge >= 0.3 is 0 Å². The molecule has 0 saturated carbocycles. The molecule has 8 rings (SSSR count). The number of amides is 2.